The van der Waals surface area contributed by atoms with Crippen LogP contribution in [0.4, 0.5) is 0 Å². The minimum atomic E-state index is -0.721. The summed E-state index contributed by atoms with van der Waals surface area (Å²) in [6, 6.07) is 10.5. The van der Waals surface area contributed by atoms with Crippen LogP contribution in [0.5, 0.6) is 0 Å². The number of thioether (sulfide) groups is 1. The minimum absolute atomic E-state index is 0.0163. The van der Waals surface area contributed by atoms with E-state index in [1.165, 1.54) is 4.90 Å². The van der Waals surface area contributed by atoms with Crippen LogP contribution in [0.25, 0.3) is 0 Å². The molecule has 2 amide bonds. The van der Waals surface area contributed by atoms with Crippen molar-refractivity contribution in [2.75, 3.05) is 6.54 Å². The molecule has 5 rings (SSSR count). The molecule has 3 aliphatic heterocycles. The number of amides is 2. The normalized spacial score (nSPS) is 32.0. The van der Waals surface area contributed by atoms with Gasteiger partial charge >= 0.3 is 212 Å². The van der Waals surface area contributed by atoms with Crippen molar-refractivity contribution in [2.45, 2.75) is 63.6 Å². The summed E-state index contributed by atoms with van der Waals surface area (Å²) in [6.07, 6.45) is 13.7. The van der Waals surface area contributed by atoms with Crippen LogP contribution in [-0.4, -0.2) is 35.5 Å². The number of likely N-dealkylation sites (tertiary alicyclic amines) is 1. The SMILES string of the molecule is CC1(C(=O)N2CCC[C@]23C[C@H]2C(=C[C@H](Sc4ccccc4)[I-]C2(C)C)NC3=O)C=CCC=C1. The van der Waals surface area contributed by atoms with Crippen molar-refractivity contribution in [3.63, 3.8) is 0 Å². The zero-order valence-electron chi connectivity index (χ0n) is 19.5. The molecule has 1 aromatic carbocycles. The average Bonchev–Trinajstić information content (AvgIpc) is 3.20. The number of alkyl halides is 2. The van der Waals surface area contributed by atoms with Crippen molar-refractivity contribution in [1.82, 2.24) is 10.2 Å². The van der Waals surface area contributed by atoms with Crippen LogP contribution in [0.1, 0.15) is 46.5 Å². The Kier molecular flexibility index (Phi) is 6.05. The third-order valence-electron chi connectivity index (χ3n) is 7.51. The van der Waals surface area contributed by atoms with Crippen molar-refractivity contribution < 1.29 is 30.8 Å². The van der Waals surface area contributed by atoms with Gasteiger partial charge in [-0.05, 0) is 0 Å². The maximum absolute atomic E-state index is 13.8. The number of piperidine rings is 1. The van der Waals surface area contributed by atoms with Gasteiger partial charge in [-0.1, -0.05) is 0 Å². The zero-order chi connectivity index (χ0) is 23.3. The molecule has 4 nitrogen and oxygen atoms in total. The average molecular weight is 576 g/mol. The Labute approximate surface area is 211 Å². The number of fused-ring (bicyclic) bond motifs is 1. The van der Waals surface area contributed by atoms with Crippen molar-refractivity contribution in [2.24, 2.45) is 11.3 Å². The molecule has 33 heavy (non-hydrogen) atoms. The van der Waals surface area contributed by atoms with E-state index in [-0.39, 0.29) is 42.4 Å². The fourth-order valence-electron chi connectivity index (χ4n) is 5.67. The summed E-state index contributed by atoms with van der Waals surface area (Å²) >= 11 is 1.75. The van der Waals surface area contributed by atoms with Crippen LogP contribution >= 0.6 is 11.8 Å². The van der Waals surface area contributed by atoms with Crippen LogP contribution < -0.4 is 26.5 Å². The van der Waals surface area contributed by atoms with E-state index in [0.717, 1.165) is 31.4 Å². The molecule has 0 bridgehead atoms. The Bertz CT molecular complexity index is 1040. The Morgan fingerprint density at radius 2 is 1.88 bits per heavy atom. The molecule has 1 N–H and O–H groups in total. The summed E-state index contributed by atoms with van der Waals surface area (Å²) in [6.45, 7) is 7.38. The molecule has 1 aliphatic carbocycles. The molecule has 2 fully saturated rings. The van der Waals surface area contributed by atoms with Gasteiger partial charge in [0.2, 0.25) is 0 Å². The monoisotopic (exact) mass is 575 g/mol. The van der Waals surface area contributed by atoms with E-state index in [4.69, 9.17) is 0 Å². The molecule has 0 saturated carbocycles. The molecule has 1 aromatic rings. The van der Waals surface area contributed by atoms with Gasteiger partial charge < -0.3 is 0 Å². The topological polar surface area (TPSA) is 49.4 Å². The van der Waals surface area contributed by atoms with E-state index in [2.05, 4.69) is 61.7 Å². The summed E-state index contributed by atoms with van der Waals surface area (Å²) < 4.78 is 0.571. The molecule has 1 spiro atoms. The van der Waals surface area contributed by atoms with Gasteiger partial charge in [0.1, 0.15) is 0 Å². The molecular weight excluding hydrogens is 543 g/mol. The van der Waals surface area contributed by atoms with Crippen molar-refractivity contribution in [1.29, 1.82) is 0 Å². The summed E-state index contributed by atoms with van der Waals surface area (Å²) in [5.41, 5.74) is -0.293. The molecule has 0 aromatic heterocycles. The van der Waals surface area contributed by atoms with E-state index in [1.54, 1.807) is 0 Å². The number of allylic oxidation sites excluding steroid dienone is 3. The maximum atomic E-state index is 13.8. The third-order valence-corrected chi connectivity index (χ3v) is 13.1. The number of hydrogen-bond donors (Lipinski definition) is 1. The van der Waals surface area contributed by atoms with Crippen molar-refractivity contribution in [3.8, 4) is 0 Å². The second kappa shape index (κ2) is 8.59. The third kappa shape index (κ3) is 4.11. The number of hydrogen-bond acceptors (Lipinski definition) is 3. The second-order valence-electron chi connectivity index (χ2n) is 10.2. The first kappa shape index (κ1) is 23.2. The predicted molar refractivity (Wildman–Crippen MR) is 129 cm³/mol. The van der Waals surface area contributed by atoms with E-state index < -0.39 is 11.0 Å². The standard InChI is InChI=1S/C27H32IN2O2S/c1-25(2)20-18-27(15-10-16-30(27)24(32)26(3)13-8-5-9-14-26)23(31)29-21(20)17-22(28-25)33-19-11-6-4-7-12-19/h4,6-9,11-14,17,20,22H,5,10,15-16,18H2,1-3H3,(H,29,31)/q-1/t20-,22-,27+/m0/s1. The van der Waals surface area contributed by atoms with Gasteiger partial charge in [-0.15, -0.1) is 0 Å². The first-order valence-corrected chi connectivity index (χ1v) is 15.0. The summed E-state index contributed by atoms with van der Waals surface area (Å²) in [5, 5.41) is 3.32. The first-order chi connectivity index (χ1) is 15.7. The van der Waals surface area contributed by atoms with Gasteiger partial charge in [0.15, 0.2) is 0 Å². The molecule has 176 valence electrons. The fraction of sp³-hybridized carbons (Fsp3) is 0.481. The van der Waals surface area contributed by atoms with E-state index in [1.807, 2.05) is 41.8 Å². The van der Waals surface area contributed by atoms with Crippen molar-refractivity contribution in [3.05, 3.63) is 66.4 Å². The second-order valence-corrected chi connectivity index (χ2v) is 17.0. The number of carbonyl (C=O) groups excluding carboxylic acids is 2. The number of carbonyl (C=O) groups is 2. The van der Waals surface area contributed by atoms with E-state index in [9.17, 15) is 9.59 Å². The van der Waals surface area contributed by atoms with Crippen LogP contribution in [-0.2, 0) is 9.59 Å². The Hall–Kier alpha value is -1.54. The van der Waals surface area contributed by atoms with Gasteiger partial charge in [-0.2, -0.15) is 0 Å². The fourth-order valence-corrected chi connectivity index (χ4v) is 12.4. The molecule has 3 heterocycles. The molecule has 0 radical (unpaired) electrons. The molecular formula is C27H32IN2O2S-. The van der Waals surface area contributed by atoms with Crippen LogP contribution in [0.2, 0.25) is 0 Å². The van der Waals surface area contributed by atoms with Gasteiger partial charge in [0.25, 0.3) is 0 Å². The summed E-state index contributed by atoms with van der Waals surface area (Å²) in [4.78, 5) is 30.6. The quantitative estimate of drug-likeness (QED) is 0.341. The van der Waals surface area contributed by atoms with Gasteiger partial charge in [0, 0.05) is 0 Å². The summed E-state index contributed by atoms with van der Waals surface area (Å²) in [7, 11) is 0. The molecule has 6 heteroatoms. The number of nitrogens with one attached hydrogen (secondary N) is 1. The Morgan fingerprint density at radius 3 is 2.61 bits per heavy atom. The molecule has 0 unspecified atom stereocenters. The van der Waals surface area contributed by atoms with Gasteiger partial charge in [-0.3, -0.25) is 0 Å². The van der Waals surface area contributed by atoms with Crippen LogP contribution in [0.15, 0.2) is 71.3 Å². The van der Waals surface area contributed by atoms with E-state index in [0.29, 0.717) is 9.80 Å². The number of nitrogens with zero attached hydrogens (tertiary/aromatic N) is 1. The number of halogens is 1. The number of rotatable bonds is 3. The number of benzene rings is 1. The molecule has 2 saturated heterocycles. The van der Waals surface area contributed by atoms with Crippen LogP contribution in [0, 0.1) is 11.3 Å². The molecule has 3 atom stereocenters. The zero-order valence-corrected chi connectivity index (χ0v) is 22.5. The summed E-state index contributed by atoms with van der Waals surface area (Å²) in [5.74, 6) is 0.368. The molecule has 4 aliphatic rings. The van der Waals surface area contributed by atoms with Crippen LogP contribution in [0.3, 0.4) is 0 Å². The van der Waals surface area contributed by atoms with Gasteiger partial charge in [0.05, 0.1) is 0 Å². The predicted octanol–water partition coefficient (Wildman–Crippen LogP) is 1.89. The van der Waals surface area contributed by atoms with Crippen molar-refractivity contribution >= 4 is 23.6 Å². The first-order valence-electron chi connectivity index (χ1n) is 11.8. The Morgan fingerprint density at radius 1 is 1.15 bits per heavy atom. The Balaban J connectivity index is 1.43. The van der Waals surface area contributed by atoms with E-state index >= 15 is 0 Å². The van der Waals surface area contributed by atoms with Gasteiger partial charge in [-0.25, -0.2) is 0 Å².